The van der Waals surface area contributed by atoms with Crippen LogP contribution in [0.4, 0.5) is 14.7 Å². The molecule has 0 spiro atoms. The van der Waals surface area contributed by atoms with Gasteiger partial charge in [-0.05, 0) is 49.9 Å². The van der Waals surface area contributed by atoms with Crippen LogP contribution in [-0.2, 0) is 0 Å². The van der Waals surface area contributed by atoms with E-state index in [0.29, 0.717) is 13.1 Å². The molecule has 4 heterocycles. The van der Waals surface area contributed by atoms with E-state index in [1.54, 1.807) is 17.3 Å². The number of rotatable bonds is 4. The summed E-state index contributed by atoms with van der Waals surface area (Å²) >= 11 is 0. The summed E-state index contributed by atoms with van der Waals surface area (Å²) < 4.78 is 26.9. The molecule has 32 heavy (non-hydrogen) atoms. The van der Waals surface area contributed by atoms with E-state index in [1.165, 1.54) is 6.07 Å². The van der Waals surface area contributed by atoms with E-state index in [2.05, 4.69) is 20.1 Å². The SMILES string of the molecule is O=C(c1ccc(F)c(F)c1)N1CCCC(c2[nH]ncc2-c2ccnc(N3CCCC3)n2)C1. The van der Waals surface area contributed by atoms with Crippen LogP contribution in [0.5, 0.6) is 0 Å². The van der Waals surface area contributed by atoms with Crippen LogP contribution in [0.15, 0.2) is 36.7 Å². The predicted octanol–water partition coefficient (Wildman–Crippen LogP) is 3.76. The van der Waals surface area contributed by atoms with Crippen molar-refractivity contribution in [1.82, 2.24) is 25.1 Å². The summed E-state index contributed by atoms with van der Waals surface area (Å²) in [6.07, 6.45) is 7.53. The Morgan fingerprint density at radius 3 is 2.72 bits per heavy atom. The number of hydrogen-bond donors (Lipinski definition) is 1. The zero-order valence-electron chi connectivity index (χ0n) is 17.6. The average molecular weight is 438 g/mol. The van der Waals surface area contributed by atoms with Crippen LogP contribution in [0, 0.1) is 11.6 Å². The lowest BCUT2D eigenvalue weighted by molar-refractivity contribution is 0.0705. The minimum absolute atomic E-state index is 0.0423. The van der Waals surface area contributed by atoms with Crippen molar-refractivity contribution in [2.75, 3.05) is 31.1 Å². The lowest BCUT2D eigenvalue weighted by atomic mass is 9.91. The molecule has 7 nitrogen and oxygen atoms in total. The summed E-state index contributed by atoms with van der Waals surface area (Å²) in [5.74, 6) is -1.50. The van der Waals surface area contributed by atoms with Gasteiger partial charge >= 0.3 is 0 Å². The first-order valence-electron chi connectivity index (χ1n) is 11.0. The highest BCUT2D eigenvalue weighted by Crippen LogP contribution is 2.33. The lowest BCUT2D eigenvalue weighted by Gasteiger charge is -2.32. The predicted molar refractivity (Wildman–Crippen MR) is 115 cm³/mol. The Balaban J connectivity index is 1.37. The van der Waals surface area contributed by atoms with Crippen LogP contribution in [0.3, 0.4) is 0 Å². The highest BCUT2D eigenvalue weighted by Gasteiger charge is 2.29. The number of nitrogens with zero attached hydrogens (tertiary/aromatic N) is 5. The average Bonchev–Trinajstić information content (AvgIpc) is 3.53. The maximum atomic E-state index is 13.6. The second kappa shape index (κ2) is 8.64. The van der Waals surface area contributed by atoms with Gasteiger partial charge in [0.1, 0.15) is 0 Å². The first-order chi connectivity index (χ1) is 15.6. The third kappa shape index (κ3) is 3.94. The molecule has 1 N–H and O–H groups in total. The number of piperidine rings is 1. The number of hydrogen-bond acceptors (Lipinski definition) is 5. The van der Waals surface area contributed by atoms with Crippen molar-refractivity contribution in [3.8, 4) is 11.3 Å². The number of benzene rings is 1. The molecule has 1 aromatic carbocycles. The van der Waals surface area contributed by atoms with Crippen molar-refractivity contribution in [3.05, 3.63) is 59.6 Å². The molecular weight excluding hydrogens is 414 g/mol. The van der Waals surface area contributed by atoms with E-state index in [-0.39, 0.29) is 17.4 Å². The van der Waals surface area contributed by atoms with Gasteiger partial charge in [0.15, 0.2) is 11.6 Å². The number of H-pyrrole nitrogens is 1. The first kappa shape index (κ1) is 20.5. The normalized spacial score (nSPS) is 18.9. The Labute approximate surface area is 184 Å². The Hall–Kier alpha value is -3.36. The molecule has 5 rings (SSSR count). The van der Waals surface area contributed by atoms with Gasteiger partial charge in [0.2, 0.25) is 5.95 Å². The Kier molecular flexibility index (Phi) is 5.55. The minimum atomic E-state index is -1.02. The molecule has 0 saturated carbocycles. The van der Waals surface area contributed by atoms with Crippen LogP contribution in [0.1, 0.15) is 47.7 Å². The monoisotopic (exact) mass is 438 g/mol. The second-order valence-corrected chi connectivity index (χ2v) is 8.35. The number of aromatic amines is 1. The fourth-order valence-corrected chi connectivity index (χ4v) is 4.59. The van der Waals surface area contributed by atoms with E-state index >= 15 is 0 Å². The van der Waals surface area contributed by atoms with E-state index in [4.69, 9.17) is 4.98 Å². The third-order valence-corrected chi connectivity index (χ3v) is 6.26. The van der Waals surface area contributed by atoms with Gasteiger partial charge in [-0.25, -0.2) is 18.7 Å². The van der Waals surface area contributed by atoms with Crippen molar-refractivity contribution in [3.63, 3.8) is 0 Å². The van der Waals surface area contributed by atoms with Gasteiger partial charge in [-0.1, -0.05) is 0 Å². The zero-order valence-corrected chi connectivity index (χ0v) is 17.6. The van der Waals surface area contributed by atoms with Crippen LogP contribution in [0.25, 0.3) is 11.3 Å². The highest BCUT2D eigenvalue weighted by atomic mass is 19.2. The molecule has 1 atom stereocenters. The second-order valence-electron chi connectivity index (χ2n) is 8.35. The van der Waals surface area contributed by atoms with Crippen molar-refractivity contribution >= 4 is 11.9 Å². The van der Waals surface area contributed by atoms with Gasteiger partial charge in [0.05, 0.1) is 11.9 Å². The number of anilines is 1. The summed E-state index contributed by atoms with van der Waals surface area (Å²) in [7, 11) is 0. The van der Waals surface area contributed by atoms with Crippen LogP contribution >= 0.6 is 0 Å². The largest absolute Gasteiger partial charge is 0.341 e. The number of likely N-dealkylation sites (tertiary alicyclic amines) is 1. The summed E-state index contributed by atoms with van der Waals surface area (Å²) in [4.78, 5) is 26.0. The third-order valence-electron chi connectivity index (χ3n) is 6.26. The van der Waals surface area contributed by atoms with Gasteiger partial charge in [-0.3, -0.25) is 9.89 Å². The van der Waals surface area contributed by atoms with Crippen LogP contribution in [0.2, 0.25) is 0 Å². The Morgan fingerprint density at radius 1 is 1.06 bits per heavy atom. The zero-order chi connectivity index (χ0) is 22.1. The smallest absolute Gasteiger partial charge is 0.253 e. The van der Waals surface area contributed by atoms with Crippen molar-refractivity contribution < 1.29 is 13.6 Å². The summed E-state index contributed by atoms with van der Waals surface area (Å²) in [6.45, 7) is 2.97. The quantitative estimate of drug-likeness (QED) is 0.671. The molecule has 2 aromatic heterocycles. The Bertz CT molecular complexity index is 1130. The molecular formula is C23H24F2N6O. The van der Waals surface area contributed by atoms with Gasteiger partial charge in [0, 0.05) is 55.1 Å². The van der Waals surface area contributed by atoms with Crippen molar-refractivity contribution in [1.29, 1.82) is 0 Å². The first-order valence-corrected chi connectivity index (χ1v) is 11.0. The summed E-state index contributed by atoms with van der Waals surface area (Å²) in [5.41, 5.74) is 2.79. The molecule has 3 aromatic rings. The Morgan fingerprint density at radius 2 is 1.91 bits per heavy atom. The van der Waals surface area contributed by atoms with E-state index in [1.807, 2.05) is 6.07 Å². The molecule has 2 aliphatic heterocycles. The number of carbonyl (C=O) groups excluding carboxylic acids is 1. The number of aromatic nitrogens is 4. The van der Waals surface area contributed by atoms with Crippen LogP contribution in [-0.4, -0.2) is 57.2 Å². The summed E-state index contributed by atoms with van der Waals surface area (Å²) in [6, 6.07) is 5.15. The van der Waals surface area contributed by atoms with Crippen molar-refractivity contribution in [2.45, 2.75) is 31.6 Å². The standard InChI is InChI=1S/C23H24F2N6O/c24-18-6-5-15(12-19(18)25)22(32)31-11-3-4-16(14-31)21-17(13-27-29-21)20-7-8-26-23(28-20)30-9-1-2-10-30/h5-8,12-13,16H,1-4,9-11,14H2,(H,27,29). The highest BCUT2D eigenvalue weighted by molar-refractivity contribution is 5.94. The molecule has 0 aliphatic carbocycles. The molecule has 166 valence electrons. The molecule has 1 unspecified atom stereocenters. The molecule has 2 saturated heterocycles. The minimum Gasteiger partial charge on any atom is -0.341 e. The maximum Gasteiger partial charge on any atom is 0.253 e. The molecule has 9 heteroatoms. The van der Waals surface area contributed by atoms with E-state index in [0.717, 1.165) is 73.8 Å². The van der Waals surface area contributed by atoms with Crippen LogP contribution < -0.4 is 4.90 Å². The van der Waals surface area contributed by atoms with E-state index < -0.39 is 11.6 Å². The number of nitrogens with one attached hydrogen (secondary N) is 1. The topological polar surface area (TPSA) is 78.0 Å². The molecule has 1 amide bonds. The van der Waals surface area contributed by atoms with Gasteiger partial charge < -0.3 is 9.80 Å². The molecule has 2 aliphatic rings. The molecule has 2 fully saturated rings. The fraction of sp³-hybridized carbons (Fsp3) is 0.391. The van der Waals surface area contributed by atoms with Gasteiger partial charge in [-0.2, -0.15) is 5.10 Å². The summed E-state index contributed by atoms with van der Waals surface area (Å²) in [5, 5.41) is 7.36. The lowest BCUT2D eigenvalue weighted by Crippen LogP contribution is -2.39. The maximum absolute atomic E-state index is 13.6. The van der Waals surface area contributed by atoms with Crippen molar-refractivity contribution in [2.24, 2.45) is 0 Å². The number of halogens is 2. The number of carbonyl (C=O) groups is 1. The van der Waals surface area contributed by atoms with Gasteiger partial charge in [-0.15, -0.1) is 0 Å². The van der Waals surface area contributed by atoms with Gasteiger partial charge in [0.25, 0.3) is 5.91 Å². The fourth-order valence-electron chi connectivity index (χ4n) is 4.59. The molecule has 0 bridgehead atoms. The molecule has 0 radical (unpaired) electrons. The van der Waals surface area contributed by atoms with E-state index in [9.17, 15) is 13.6 Å². The number of amides is 1.